The summed E-state index contributed by atoms with van der Waals surface area (Å²) in [4.78, 5) is 29.4. The Bertz CT molecular complexity index is 1150. The van der Waals surface area contributed by atoms with E-state index in [1.807, 2.05) is 13.0 Å². The van der Waals surface area contributed by atoms with E-state index in [1.54, 1.807) is 45.0 Å². The number of hydrogen-bond donors (Lipinski definition) is 2. The van der Waals surface area contributed by atoms with E-state index in [0.29, 0.717) is 28.9 Å². The molecule has 0 aliphatic carbocycles. The summed E-state index contributed by atoms with van der Waals surface area (Å²) in [6.07, 6.45) is 1.35. The standard InChI is InChI=1S/C20H21N5O3/c1-5-15-16(24-17-13(10-21)11-22-25(17)18(15)26)12-7-6-8-14(9-12)23-19(27)28-20(2,3)4/h6-9,11,22H,5H2,1-4H3,(H,23,27). The molecule has 0 spiro atoms. The van der Waals surface area contributed by atoms with E-state index < -0.39 is 11.7 Å². The first-order chi connectivity index (χ1) is 13.2. The lowest BCUT2D eigenvalue weighted by molar-refractivity contribution is 0.0636. The number of rotatable bonds is 3. The van der Waals surface area contributed by atoms with Gasteiger partial charge in [-0.25, -0.2) is 14.3 Å². The number of amides is 1. The molecule has 28 heavy (non-hydrogen) atoms. The van der Waals surface area contributed by atoms with Gasteiger partial charge in [0.25, 0.3) is 5.56 Å². The molecule has 0 aliphatic heterocycles. The molecular weight excluding hydrogens is 358 g/mol. The minimum atomic E-state index is -0.611. The maximum atomic E-state index is 12.8. The average Bonchev–Trinajstić information content (AvgIpc) is 3.03. The molecule has 0 saturated carbocycles. The summed E-state index contributed by atoms with van der Waals surface area (Å²) < 4.78 is 6.54. The smallest absolute Gasteiger partial charge is 0.412 e. The summed E-state index contributed by atoms with van der Waals surface area (Å²) in [5.41, 5.74) is 1.86. The van der Waals surface area contributed by atoms with Gasteiger partial charge in [0.2, 0.25) is 0 Å². The molecule has 1 amide bonds. The van der Waals surface area contributed by atoms with Crippen molar-refractivity contribution in [2.75, 3.05) is 5.32 Å². The van der Waals surface area contributed by atoms with Gasteiger partial charge in [-0.2, -0.15) is 5.26 Å². The molecule has 8 heteroatoms. The first kappa shape index (κ1) is 19.2. The number of nitrogens with one attached hydrogen (secondary N) is 2. The monoisotopic (exact) mass is 379 g/mol. The van der Waals surface area contributed by atoms with Gasteiger partial charge in [-0.1, -0.05) is 19.1 Å². The lowest BCUT2D eigenvalue weighted by Gasteiger charge is -2.19. The number of nitriles is 1. The largest absolute Gasteiger partial charge is 0.444 e. The lowest BCUT2D eigenvalue weighted by Crippen LogP contribution is -2.27. The molecule has 144 valence electrons. The van der Waals surface area contributed by atoms with Gasteiger partial charge in [0.1, 0.15) is 17.2 Å². The van der Waals surface area contributed by atoms with Gasteiger partial charge in [0, 0.05) is 23.0 Å². The Labute approximate surface area is 161 Å². The van der Waals surface area contributed by atoms with Crippen LogP contribution in [0.15, 0.2) is 35.3 Å². The molecule has 0 bridgehead atoms. The third kappa shape index (κ3) is 3.74. The number of carbonyl (C=O) groups is 1. The molecule has 8 nitrogen and oxygen atoms in total. The van der Waals surface area contributed by atoms with Crippen LogP contribution in [0.4, 0.5) is 10.5 Å². The van der Waals surface area contributed by atoms with Crippen molar-refractivity contribution < 1.29 is 9.53 Å². The van der Waals surface area contributed by atoms with Crippen LogP contribution in [-0.4, -0.2) is 26.3 Å². The molecule has 0 atom stereocenters. The van der Waals surface area contributed by atoms with E-state index in [9.17, 15) is 14.9 Å². The van der Waals surface area contributed by atoms with Crippen molar-refractivity contribution in [2.45, 2.75) is 39.7 Å². The number of benzene rings is 1. The van der Waals surface area contributed by atoms with Gasteiger partial charge in [-0.05, 0) is 39.3 Å². The van der Waals surface area contributed by atoms with Crippen LogP contribution in [0.1, 0.15) is 38.8 Å². The summed E-state index contributed by atoms with van der Waals surface area (Å²) in [5, 5.41) is 14.7. The predicted molar refractivity (Wildman–Crippen MR) is 105 cm³/mol. The second-order valence-electron chi connectivity index (χ2n) is 7.26. The number of ether oxygens (including phenoxy) is 1. The Balaban J connectivity index is 2.06. The molecular formula is C20H21N5O3. The van der Waals surface area contributed by atoms with E-state index in [0.717, 1.165) is 0 Å². The first-order valence-electron chi connectivity index (χ1n) is 8.87. The molecule has 0 unspecified atom stereocenters. The zero-order valence-electron chi connectivity index (χ0n) is 16.2. The van der Waals surface area contributed by atoms with Crippen molar-refractivity contribution in [1.29, 1.82) is 5.26 Å². The van der Waals surface area contributed by atoms with Gasteiger partial charge in [-0.15, -0.1) is 0 Å². The molecule has 0 aliphatic rings. The van der Waals surface area contributed by atoms with Crippen molar-refractivity contribution in [3.05, 3.63) is 51.9 Å². The molecule has 3 aromatic rings. The zero-order valence-corrected chi connectivity index (χ0v) is 16.2. The SMILES string of the molecule is CCc1c(-c2cccc(NC(=O)OC(C)(C)C)c2)nc2c(C#N)c[nH]n2c1=O. The molecule has 1 aromatic carbocycles. The summed E-state index contributed by atoms with van der Waals surface area (Å²) in [6.45, 7) is 7.22. The summed E-state index contributed by atoms with van der Waals surface area (Å²) in [7, 11) is 0. The maximum absolute atomic E-state index is 12.8. The number of fused-ring (bicyclic) bond motifs is 1. The van der Waals surface area contributed by atoms with Crippen molar-refractivity contribution >= 4 is 17.4 Å². The average molecular weight is 379 g/mol. The van der Waals surface area contributed by atoms with Crippen molar-refractivity contribution in [3.8, 4) is 17.3 Å². The zero-order chi connectivity index (χ0) is 20.5. The second-order valence-corrected chi connectivity index (χ2v) is 7.26. The normalized spacial score (nSPS) is 11.2. The third-order valence-electron chi connectivity index (χ3n) is 4.01. The van der Waals surface area contributed by atoms with Gasteiger partial charge in [0.15, 0.2) is 5.65 Å². The molecule has 2 aromatic heterocycles. The number of carbonyl (C=O) groups excluding carboxylic acids is 1. The molecule has 0 fully saturated rings. The van der Waals surface area contributed by atoms with Gasteiger partial charge in [-0.3, -0.25) is 15.2 Å². The first-order valence-corrected chi connectivity index (χ1v) is 8.87. The molecule has 2 N–H and O–H groups in total. The summed E-state index contributed by atoms with van der Waals surface area (Å²) in [5.74, 6) is 0. The van der Waals surface area contributed by atoms with E-state index in [-0.39, 0.29) is 16.8 Å². The van der Waals surface area contributed by atoms with Crippen LogP contribution >= 0.6 is 0 Å². The second kappa shape index (κ2) is 7.19. The van der Waals surface area contributed by atoms with E-state index >= 15 is 0 Å². The highest BCUT2D eigenvalue weighted by molar-refractivity contribution is 5.86. The van der Waals surface area contributed by atoms with Gasteiger partial charge < -0.3 is 4.74 Å². The summed E-state index contributed by atoms with van der Waals surface area (Å²) >= 11 is 0. The van der Waals surface area contributed by atoms with Crippen LogP contribution in [0.2, 0.25) is 0 Å². The number of nitrogens with zero attached hydrogens (tertiary/aromatic N) is 3. The van der Waals surface area contributed by atoms with Crippen LogP contribution in [0.25, 0.3) is 16.9 Å². The predicted octanol–water partition coefficient (Wildman–Crippen LogP) is 3.47. The topological polar surface area (TPSA) is 112 Å². The Hall–Kier alpha value is -3.60. The van der Waals surface area contributed by atoms with Crippen molar-refractivity contribution in [2.24, 2.45) is 0 Å². The maximum Gasteiger partial charge on any atom is 0.412 e. The van der Waals surface area contributed by atoms with E-state index in [1.165, 1.54) is 10.7 Å². The number of anilines is 1. The number of aromatic amines is 1. The number of H-pyrrole nitrogens is 1. The number of aromatic nitrogens is 3. The lowest BCUT2D eigenvalue weighted by atomic mass is 10.0. The third-order valence-corrected chi connectivity index (χ3v) is 4.01. The number of hydrogen-bond acceptors (Lipinski definition) is 5. The van der Waals surface area contributed by atoms with Crippen molar-refractivity contribution in [1.82, 2.24) is 14.6 Å². The Morgan fingerprint density at radius 1 is 1.39 bits per heavy atom. The fourth-order valence-electron chi connectivity index (χ4n) is 2.86. The molecule has 0 radical (unpaired) electrons. The van der Waals surface area contributed by atoms with Crippen LogP contribution in [0, 0.1) is 11.3 Å². The van der Waals surface area contributed by atoms with Crippen molar-refractivity contribution in [3.63, 3.8) is 0 Å². The van der Waals surface area contributed by atoms with E-state index in [4.69, 9.17) is 4.74 Å². The molecule has 2 heterocycles. The van der Waals surface area contributed by atoms with Gasteiger partial charge >= 0.3 is 6.09 Å². The van der Waals surface area contributed by atoms with E-state index in [2.05, 4.69) is 15.4 Å². The minimum Gasteiger partial charge on any atom is -0.444 e. The fourth-order valence-corrected chi connectivity index (χ4v) is 2.86. The highest BCUT2D eigenvalue weighted by Crippen LogP contribution is 2.25. The fraction of sp³-hybridized carbons (Fsp3) is 0.300. The Morgan fingerprint density at radius 3 is 2.79 bits per heavy atom. The van der Waals surface area contributed by atoms with Crippen LogP contribution in [0.3, 0.4) is 0 Å². The highest BCUT2D eigenvalue weighted by Gasteiger charge is 2.18. The van der Waals surface area contributed by atoms with Crippen LogP contribution in [-0.2, 0) is 11.2 Å². The molecule has 3 rings (SSSR count). The molecule has 0 saturated heterocycles. The van der Waals surface area contributed by atoms with Crippen LogP contribution in [0.5, 0.6) is 0 Å². The van der Waals surface area contributed by atoms with Crippen LogP contribution < -0.4 is 10.9 Å². The Kier molecular flexibility index (Phi) is 4.92. The minimum absolute atomic E-state index is 0.255. The summed E-state index contributed by atoms with van der Waals surface area (Å²) in [6, 6.07) is 9.03. The quantitative estimate of drug-likeness (QED) is 0.723. The Morgan fingerprint density at radius 2 is 2.14 bits per heavy atom. The highest BCUT2D eigenvalue weighted by atomic mass is 16.6. The van der Waals surface area contributed by atoms with Gasteiger partial charge in [0.05, 0.1) is 5.69 Å².